The number of methoxy groups -OCH3 is 1. The minimum Gasteiger partial charge on any atom is -0.379 e. The summed E-state index contributed by atoms with van der Waals surface area (Å²) in [7, 11) is 1.70. The zero-order valence-corrected chi connectivity index (χ0v) is 13.7. The van der Waals surface area contributed by atoms with Crippen LogP contribution in [0.15, 0.2) is 0 Å². The van der Waals surface area contributed by atoms with E-state index in [4.69, 9.17) is 4.74 Å². The van der Waals surface area contributed by atoms with Crippen molar-refractivity contribution in [3.05, 3.63) is 0 Å². The average Bonchev–Trinajstić information content (AvgIpc) is 2.52. The Morgan fingerprint density at radius 1 is 1.47 bits per heavy atom. The standard InChI is InChI=1S/C14H28N2O2S/c1-11-6-8-19-9-7-16(11)13(17)15-10-12(18-5)14(2,3)4/h11-12H,6-10H2,1-5H3,(H,15,17). The molecule has 0 aliphatic carbocycles. The van der Waals surface area contributed by atoms with Crippen LogP contribution in [0.2, 0.25) is 0 Å². The van der Waals surface area contributed by atoms with Gasteiger partial charge in [-0.25, -0.2) is 4.79 Å². The van der Waals surface area contributed by atoms with Crippen LogP contribution in [-0.4, -0.2) is 54.8 Å². The van der Waals surface area contributed by atoms with Crippen LogP contribution in [0, 0.1) is 5.41 Å². The van der Waals surface area contributed by atoms with Crippen molar-refractivity contribution in [2.75, 3.05) is 31.7 Å². The van der Waals surface area contributed by atoms with Crippen LogP contribution >= 0.6 is 11.8 Å². The maximum absolute atomic E-state index is 12.3. The first-order chi connectivity index (χ1) is 8.86. The van der Waals surface area contributed by atoms with E-state index in [1.807, 2.05) is 16.7 Å². The summed E-state index contributed by atoms with van der Waals surface area (Å²) in [6.07, 6.45) is 1.11. The fourth-order valence-electron chi connectivity index (χ4n) is 2.22. The topological polar surface area (TPSA) is 41.6 Å². The number of carbonyl (C=O) groups is 1. The zero-order chi connectivity index (χ0) is 14.5. The summed E-state index contributed by atoms with van der Waals surface area (Å²) in [5.41, 5.74) is 0.0300. The number of thioether (sulfide) groups is 1. The predicted molar refractivity (Wildman–Crippen MR) is 81.8 cm³/mol. The molecular weight excluding hydrogens is 260 g/mol. The maximum atomic E-state index is 12.3. The predicted octanol–water partition coefficient (Wildman–Crippen LogP) is 2.58. The lowest BCUT2D eigenvalue weighted by Gasteiger charge is -2.32. The Morgan fingerprint density at radius 2 is 2.16 bits per heavy atom. The van der Waals surface area contributed by atoms with Crippen LogP contribution in [0.25, 0.3) is 0 Å². The normalized spacial score (nSPS) is 22.8. The molecule has 1 saturated heterocycles. The molecule has 0 saturated carbocycles. The Balaban J connectivity index is 2.49. The molecule has 0 spiro atoms. The molecule has 112 valence electrons. The van der Waals surface area contributed by atoms with Gasteiger partial charge in [0.1, 0.15) is 0 Å². The Hall–Kier alpha value is -0.420. The van der Waals surface area contributed by atoms with E-state index in [2.05, 4.69) is 33.0 Å². The van der Waals surface area contributed by atoms with Gasteiger partial charge in [-0.15, -0.1) is 0 Å². The fraction of sp³-hybridized carbons (Fsp3) is 0.929. The van der Waals surface area contributed by atoms with Crippen LogP contribution in [0.5, 0.6) is 0 Å². The van der Waals surface area contributed by atoms with Crippen molar-refractivity contribution in [3.8, 4) is 0 Å². The summed E-state index contributed by atoms with van der Waals surface area (Å²) in [6.45, 7) is 9.90. The smallest absolute Gasteiger partial charge is 0.317 e. The number of rotatable bonds is 3. The van der Waals surface area contributed by atoms with Crippen molar-refractivity contribution in [3.63, 3.8) is 0 Å². The molecule has 0 bridgehead atoms. The molecule has 0 aromatic rings. The van der Waals surface area contributed by atoms with Crippen molar-refractivity contribution >= 4 is 17.8 Å². The molecule has 0 aromatic heterocycles. The molecule has 1 heterocycles. The van der Waals surface area contributed by atoms with Gasteiger partial charge in [0, 0.05) is 32.0 Å². The van der Waals surface area contributed by atoms with Crippen LogP contribution < -0.4 is 5.32 Å². The molecule has 19 heavy (non-hydrogen) atoms. The monoisotopic (exact) mass is 288 g/mol. The zero-order valence-electron chi connectivity index (χ0n) is 12.9. The highest BCUT2D eigenvalue weighted by Gasteiger charge is 2.27. The van der Waals surface area contributed by atoms with E-state index in [1.54, 1.807) is 7.11 Å². The first-order valence-electron chi connectivity index (χ1n) is 7.01. The highest BCUT2D eigenvalue weighted by molar-refractivity contribution is 7.99. The first kappa shape index (κ1) is 16.6. The largest absolute Gasteiger partial charge is 0.379 e. The third-order valence-corrected chi connectivity index (χ3v) is 4.63. The second-order valence-corrected chi connectivity index (χ2v) is 7.44. The summed E-state index contributed by atoms with van der Waals surface area (Å²) >= 11 is 1.93. The van der Waals surface area contributed by atoms with E-state index in [1.165, 1.54) is 0 Å². The minimum atomic E-state index is 0.0300. The number of hydrogen-bond donors (Lipinski definition) is 1. The number of nitrogens with one attached hydrogen (secondary N) is 1. The Bertz CT molecular complexity index is 292. The second kappa shape index (κ2) is 7.39. The van der Waals surface area contributed by atoms with Crippen molar-refractivity contribution in [2.45, 2.75) is 46.3 Å². The lowest BCUT2D eigenvalue weighted by atomic mass is 9.89. The lowest BCUT2D eigenvalue weighted by molar-refractivity contribution is 0.0183. The van der Waals surface area contributed by atoms with Gasteiger partial charge in [0.15, 0.2) is 0 Å². The molecule has 5 heteroatoms. The van der Waals surface area contributed by atoms with E-state index < -0.39 is 0 Å². The second-order valence-electron chi connectivity index (χ2n) is 6.22. The fourth-order valence-corrected chi connectivity index (χ4v) is 3.26. The van der Waals surface area contributed by atoms with E-state index in [0.717, 1.165) is 24.5 Å². The minimum absolute atomic E-state index is 0.0300. The van der Waals surface area contributed by atoms with Crippen LogP contribution in [0.4, 0.5) is 4.79 Å². The summed E-state index contributed by atoms with van der Waals surface area (Å²) in [6, 6.07) is 0.368. The summed E-state index contributed by atoms with van der Waals surface area (Å²) in [5.74, 6) is 2.18. The van der Waals surface area contributed by atoms with E-state index in [0.29, 0.717) is 12.6 Å². The quantitative estimate of drug-likeness (QED) is 0.868. The first-order valence-corrected chi connectivity index (χ1v) is 8.16. The number of hydrogen-bond acceptors (Lipinski definition) is 3. The Labute approximate surface area is 121 Å². The molecule has 1 aliphatic rings. The Morgan fingerprint density at radius 3 is 2.74 bits per heavy atom. The molecule has 1 aliphatic heterocycles. The van der Waals surface area contributed by atoms with Gasteiger partial charge in [-0.3, -0.25) is 0 Å². The average molecular weight is 288 g/mol. The SMILES string of the molecule is COC(CNC(=O)N1CCSCCC1C)C(C)(C)C. The van der Waals surface area contributed by atoms with E-state index >= 15 is 0 Å². The van der Waals surface area contributed by atoms with Crippen LogP contribution in [0.3, 0.4) is 0 Å². The van der Waals surface area contributed by atoms with Gasteiger partial charge in [-0.05, 0) is 24.5 Å². The van der Waals surface area contributed by atoms with E-state index in [-0.39, 0.29) is 17.6 Å². The summed E-state index contributed by atoms with van der Waals surface area (Å²) in [5, 5.41) is 3.02. The molecule has 0 radical (unpaired) electrons. The van der Waals surface area contributed by atoms with Crippen LogP contribution in [0.1, 0.15) is 34.1 Å². The van der Waals surface area contributed by atoms with Gasteiger partial charge < -0.3 is 15.0 Å². The van der Waals surface area contributed by atoms with Gasteiger partial charge in [0.05, 0.1) is 6.10 Å². The number of amides is 2. The van der Waals surface area contributed by atoms with Crippen LogP contribution in [-0.2, 0) is 4.74 Å². The lowest BCUT2D eigenvalue weighted by Crippen LogP contribution is -2.49. The van der Waals surface area contributed by atoms with Gasteiger partial charge >= 0.3 is 6.03 Å². The number of carbonyl (C=O) groups excluding carboxylic acids is 1. The molecule has 0 aromatic carbocycles. The molecule has 2 atom stereocenters. The van der Waals surface area contributed by atoms with Crippen molar-refractivity contribution < 1.29 is 9.53 Å². The van der Waals surface area contributed by atoms with Gasteiger partial charge in [0.25, 0.3) is 0 Å². The number of urea groups is 1. The highest BCUT2D eigenvalue weighted by Crippen LogP contribution is 2.21. The molecule has 1 fully saturated rings. The van der Waals surface area contributed by atoms with Gasteiger partial charge in [-0.1, -0.05) is 20.8 Å². The highest BCUT2D eigenvalue weighted by atomic mass is 32.2. The maximum Gasteiger partial charge on any atom is 0.317 e. The Kier molecular flexibility index (Phi) is 6.47. The molecule has 1 N–H and O–H groups in total. The number of nitrogens with zero attached hydrogens (tertiary/aromatic N) is 1. The van der Waals surface area contributed by atoms with E-state index in [9.17, 15) is 4.79 Å². The van der Waals surface area contributed by atoms with Gasteiger partial charge in [-0.2, -0.15) is 11.8 Å². The number of ether oxygens (including phenoxy) is 1. The molecule has 4 nitrogen and oxygen atoms in total. The third kappa shape index (κ3) is 5.22. The summed E-state index contributed by atoms with van der Waals surface area (Å²) < 4.78 is 5.47. The van der Waals surface area contributed by atoms with Crippen molar-refractivity contribution in [2.24, 2.45) is 5.41 Å². The third-order valence-electron chi connectivity index (χ3n) is 3.64. The molecule has 2 amide bonds. The van der Waals surface area contributed by atoms with Crippen molar-refractivity contribution in [1.29, 1.82) is 0 Å². The molecule has 1 rings (SSSR count). The molecular formula is C14H28N2O2S. The summed E-state index contributed by atoms with van der Waals surface area (Å²) in [4.78, 5) is 14.2. The molecule has 2 unspecified atom stereocenters. The van der Waals surface area contributed by atoms with Crippen molar-refractivity contribution in [1.82, 2.24) is 10.2 Å². The van der Waals surface area contributed by atoms with Gasteiger partial charge in [0.2, 0.25) is 0 Å².